The number of aryl methyl sites for hydroxylation is 1. The summed E-state index contributed by atoms with van der Waals surface area (Å²) in [6.45, 7) is 4.95. The Balaban J connectivity index is 1.77. The van der Waals surface area contributed by atoms with E-state index in [1.807, 2.05) is 37.3 Å². The monoisotopic (exact) mass is 320 g/mol. The van der Waals surface area contributed by atoms with E-state index >= 15 is 0 Å². The number of quaternary nitrogens is 1. The molecule has 0 bridgehead atoms. The van der Waals surface area contributed by atoms with E-state index in [2.05, 4.69) is 24.4 Å². The van der Waals surface area contributed by atoms with Gasteiger partial charge in [-0.05, 0) is 37.6 Å². The van der Waals surface area contributed by atoms with E-state index in [0.29, 0.717) is 17.6 Å². The molecule has 0 aliphatic rings. The molecule has 0 saturated heterocycles. The molecule has 2 atom stereocenters. The number of nitrogens with two attached hydrogens (primary N) is 1. The normalized spacial score (nSPS) is 13.6. The summed E-state index contributed by atoms with van der Waals surface area (Å²) < 4.78 is 5.66. The highest BCUT2D eigenvalue weighted by Gasteiger charge is 2.13. The number of aliphatic hydroxyl groups is 1. The average molecular weight is 321 g/mol. The Labute approximate surface area is 136 Å². The van der Waals surface area contributed by atoms with E-state index < -0.39 is 6.10 Å². The summed E-state index contributed by atoms with van der Waals surface area (Å²) in [5.41, 5.74) is 2.23. The molecule has 0 aromatic heterocycles. The zero-order chi connectivity index (χ0) is 15.9. The van der Waals surface area contributed by atoms with Gasteiger partial charge in [0, 0.05) is 10.6 Å². The lowest BCUT2D eigenvalue weighted by molar-refractivity contribution is -0.698. The second-order valence-corrected chi connectivity index (χ2v) is 5.98. The van der Waals surface area contributed by atoms with E-state index in [-0.39, 0.29) is 6.61 Å². The Hall–Kier alpha value is -1.55. The maximum atomic E-state index is 10.1. The maximum Gasteiger partial charge on any atom is 0.137 e. The third kappa shape index (κ3) is 5.02. The van der Waals surface area contributed by atoms with Gasteiger partial charge in [-0.25, -0.2) is 0 Å². The van der Waals surface area contributed by atoms with Crippen LogP contribution in [0, 0.1) is 6.92 Å². The number of ether oxygens (including phenoxy) is 1. The van der Waals surface area contributed by atoms with Crippen LogP contribution in [0.15, 0.2) is 48.5 Å². The quantitative estimate of drug-likeness (QED) is 0.824. The third-order valence-corrected chi connectivity index (χ3v) is 3.89. The molecule has 2 aromatic rings. The summed E-state index contributed by atoms with van der Waals surface area (Å²) in [5.74, 6) is 0.763. The molecule has 22 heavy (non-hydrogen) atoms. The predicted octanol–water partition coefficient (Wildman–Crippen LogP) is 2.71. The SMILES string of the molecule is Cc1cc(Cl)ccc1OCC(O)C[NH2+]C(C)c1ccccc1. The van der Waals surface area contributed by atoms with Crippen molar-refractivity contribution in [3.8, 4) is 5.75 Å². The van der Waals surface area contributed by atoms with Crippen molar-refractivity contribution in [1.82, 2.24) is 0 Å². The van der Waals surface area contributed by atoms with Gasteiger partial charge in [0.1, 0.15) is 31.0 Å². The molecular weight excluding hydrogens is 298 g/mol. The van der Waals surface area contributed by atoms with Crippen LogP contribution in [-0.4, -0.2) is 24.4 Å². The Bertz CT molecular complexity index is 589. The number of rotatable bonds is 7. The average Bonchev–Trinajstić information content (AvgIpc) is 2.52. The Morgan fingerprint density at radius 3 is 2.59 bits per heavy atom. The van der Waals surface area contributed by atoms with Crippen LogP contribution < -0.4 is 10.1 Å². The van der Waals surface area contributed by atoms with Gasteiger partial charge in [-0.1, -0.05) is 41.9 Å². The van der Waals surface area contributed by atoms with Crippen molar-refractivity contribution in [2.45, 2.75) is 26.0 Å². The highest BCUT2D eigenvalue weighted by atomic mass is 35.5. The summed E-state index contributed by atoms with van der Waals surface area (Å²) in [6, 6.07) is 16.1. The molecule has 3 N–H and O–H groups in total. The molecule has 118 valence electrons. The maximum absolute atomic E-state index is 10.1. The van der Waals surface area contributed by atoms with Crippen molar-refractivity contribution in [3.63, 3.8) is 0 Å². The van der Waals surface area contributed by atoms with Crippen LogP contribution in [0.25, 0.3) is 0 Å². The van der Waals surface area contributed by atoms with Crippen LogP contribution >= 0.6 is 11.6 Å². The Morgan fingerprint density at radius 2 is 1.91 bits per heavy atom. The molecule has 0 saturated carbocycles. The second-order valence-electron chi connectivity index (χ2n) is 5.55. The van der Waals surface area contributed by atoms with E-state index in [1.54, 1.807) is 6.07 Å². The minimum atomic E-state index is -0.513. The molecule has 0 aliphatic carbocycles. The van der Waals surface area contributed by atoms with Gasteiger partial charge < -0.3 is 15.2 Å². The number of halogens is 1. The van der Waals surface area contributed by atoms with Gasteiger partial charge in [0.05, 0.1) is 0 Å². The first-order valence-corrected chi connectivity index (χ1v) is 7.89. The summed E-state index contributed by atoms with van der Waals surface area (Å²) in [6.07, 6.45) is -0.513. The number of hydrogen-bond donors (Lipinski definition) is 2. The van der Waals surface area contributed by atoms with Crippen LogP contribution in [0.2, 0.25) is 5.02 Å². The summed E-state index contributed by atoms with van der Waals surface area (Å²) in [4.78, 5) is 0. The molecule has 0 amide bonds. The Kier molecular flexibility index (Phi) is 6.25. The van der Waals surface area contributed by atoms with Gasteiger partial charge in [-0.15, -0.1) is 0 Å². The zero-order valence-electron chi connectivity index (χ0n) is 13.0. The van der Waals surface area contributed by atoms with E-state index in [1.165, 1.54) is 5.56 Å². The van der Waals surface area contributed by atoms with Crippen LogP contribution in [-0.2, 0) is 0 Å². The van der Waals surface area contributed by atoms with E-state index in [9.17, 15) is 5.11 Å². The number of hydrogen-bond acceptors (Lipinski definition) is 2. The van der Waals surface area contributed by atoms with Gasteiger partial charge in [0.15, 0.2) is 0 Å². The molecule has 0 heterocycles. The van der Waals surface area contributed by atoms with Crippen LogP contribution in [0.3, 0.4) is 0 Å². The van der Waals surface area contributed by atoms with Gasteiger partial charge in [0.25, 0.3) is 0 Å². The first-order chi connectivity index (χ1) is 10.6. The van der Waals surface area contributed by atoms with Crippen LogP contribution in [0.4, 0.5) is 0 Å². The lowest BCUT2D eigenvalue weighted by Crippen LogP contribution is -2.87. The first kappa shape index (κ1) is 16.8. The molecule has 4 heteroatoms. The summed E-state index contributed by atoms with van der Waals surface area (Å²) in [5, 5.41) is 12.9. The van der Waals surface area contributed by atoms with Gasteiger partial charge in [-0.3, -0.25) is 0 Å². The molecule has 0 fully saturated rings. The highest BCUT2D eigenvalue weighted by molar-refractivity contribution is 6.30. The minimum absolute atomic E-state index is 0.278. The topological polar surface area (TPSA) is 46.1 Å². The second kappa shape index (κ2) is 8.18. The van der Waals surface area contributed by atoms with Gasteiger partial charge in [-0.2, -0.15) is 0 Å². The van der Waals surface area contributed by atoms with Crippen molar-refractivity contribution >= 4 is 11.6 Å². The third-order valence-electron chi connectivity index (χ3n) is 3.66. The molecular formula is C18H23ClNO2+. The molecule has 2 rings (SSSR count). The fourth-order valence-corrected chi connectivity index (χ4v) is 2.51. The first-order valence-electron chi connectivity index (χ1n) is 7.51. The summed E-state index contributed by atoms with van der Waals surface area (Å²) >= 11 is 5.91. The van der Waals surface area contributed by atoms with Crippen LogP contribution in [0.5, 0.6) is 5.75 Å². The smallest absolute Gasteiger partial charge is 0.137 e. The lowest BCUT2D eigenvalue weighted by atomic mass is 10.1. The molecule has 0 radical (unpaired) electrons. The molecule has 2 aromatic carbocycles. The van der Waals surface area contributed by atoms with E-state index in [0.717, 1.165) is 11.3 Å². The van der Waals surface area contributed by atoms with Crippen LogP contribution in [0.1, 0.15) is 24.1 Å². The standard InChI is InChI=1S/C18H22ClNO2/c1-13-10-16(19)8-9-18(13)22-12-17(21)11-20-14(2)15-6-4-3-5-7-15/h3-10,14,17,20-21H,11-12H2,1-2H3/p+1. The molecule has 0 aliphatic heterocycles. The van der Waals surface area contributed by atoms with Crippen molar-refractivity contribution in [2.24, 2.45) is 0 Å². The zero-order valence-corrected chi connectivity index (χ0v) is 13.8. The molecule has 0 spiro atoms. The lowest BCUT2D eigenvalue weighted by Gasteiger charge is -2.16. The van der Waals surface area contributed by atoms with Crippen molar-refractivity contribution < 1.29 is 15.2 Å². The Morgan fingerprint density at radius 1 is 1.18 bits per heavy atom. The predicted molar refractivity (Wildman–Crippen MR) is 89.3 cm³/mol. The van der Waals surface area contributed by atoms with E-state index in [4.69, 9.17) is 16.3 Å². The number of aliphatic hydroxyl groups excluding tert-OH is 1. The molecule has 3 nitrogen and oxygen atoms in total. The summed E-state index contributed by atoms with van der Waals surface area (Å²) in [7, 11) is 0. The largest absolute Gasteiger partial charge is 0.490 e. The molecule has 2 unspecified atom stereocenters. The van der Waals surface area contributed by atoms with Gasteiger partial charge >= 0.3 is 0 Å². The van der Waals surface area contributed by atoms with Crippen molar-refractivity contribution in [1.29, 1.82) is 0 Å². The van der Waals surface area contributed by atoms with Gasteiger partial charge in [0.2, 0.25) is 0 Å². The number of benzene rings is 2. The minimum Gasteiger partial charge on any atom is -0.490 e. The fraction of sp³-hybridized carbons (Fsp3) is 0.333. The van der Waals surface area contributed by atoms with Crippen molar-refractivity contribution in [3.05, 3.63) is 64.7 Å². The van der Waals surface area contributed by atoms with Crippen molar-refractivity contribution in [2.75, 3.05) is 13.2 Å². The highest BCUT2D eigenvalue weighted by Crippen LogP contribution is 2.21. The fourth-order valence-electron chi connectivity index (χ4n) is 2.28.